The van der Waals surface area contributed by atoms with E-state index in [0.717, 1.165) is 11.1 Å². The smallest absolute Gasteiger partial charge is 0.407 e. The van der Waals surface area contributed by atoms with Gasteiger partial charge in [-0.1, -0.05) is 60.7 Å². The van der Waals surface area contributed by atoms with Crippen LogP contribution in [0.15, 0.2) is 60.7 Å². The molecular weight excluding hydrogens is 304 g/mol. The number of alkyl carbamates (subject to hydrolysis) is 1. The van der Waals surface area contributed by atoms with Crippen LogP contribution in [-0.2, 0) is 22.7 Å². The second kappa shape index (κ2) is 9.35. The molecule has 24 heavy (non-hydrogen) atoms. The van der Waals surface area contributed by atoms with Crippen LogP contribution in [0.4, 0.5) is 4.79 Å². The van der Waals surface area contributed by atoms with Crippen molar-refractivity contribution in [1.29, 1.82) is 0 Å². The average molecular weight is 326 g/mol. The lowest BCUT2D eigenvalue weighted by Gasteiger charge is -2.14. The van der Waals surface area contributed by atoms with Crippen LogP contribution < -0.4 is 10.6 Å². The van der Waals surface area contributed by atoms with Crippen molar-refractivity contribution in [2.45, 2.75) is 32.5 Å². The standard InChI is InChI=1S/C19H22N2O3/c1-15(12-18(22)20-13-16-8-4-2-5-9-16)21-19(23)24-14-17-10-6-3-7-11-17/h2-11,15H,12-14H2,1H3,(H,20,22)(H,21,23)/t15-/m1/s1. The minimum absolute atomic E-state index is 0.116. The lowest BCUT2D eigenvalue weighted by Crippen LogP contribution is -2.37. The Kier molecular flexibility index (Phi) is 6.83. The Bertz CT molecular complexity index is 587. The first kappa shape index (κ1) is 17.5. The van der Waals surface area contributed by atoms with Crippen molar-refractivity contribution in [2.75, 3.05) is 0 Å². The van der Waals surface area contributed by atoms with Crippen LogP contribution in [-0.4, -0.2) is 18.0 Å². The maximum absolute atomic E-state index is 11.9. The minimum atomic E-state index is -0.526. The lowest BCUT2D eigenvalue weighted by atomic mass is 10.2. The Morgan fingerprint density at radius 1 is 0.958 bits per heavy atom. The summed E-state index contributed by atoms with van der Waals surface area (Å²) in [6.07, 6.45) is -0.324. The molecule has 0 spiro atoms. The summed E-state index contributed by atoms with van der Waals surface area (Å²) in [5, 5.41) is 5.49. The summed E-state index contributed by atoms with van der Waals surface area (Å²) in [4.78, 5) is 23.6. The van der Waals surface area contributed by atoms with E-state index in [1.165, 1.54) is 0 Å². The maximum Gasteiger partial charge on any atom is 0.407 e. The van der Waals surface area contributed by atoms with Crippen LogP contribution in [0, 0.1) is 0 Å². The van der Waals surface area contributed by atoms with Crippen LogP contribution in [0.25, 0.3) is 0 Å². The van der Waals surface area contributed by atoms with Gasteiger partial charge in [-0.25, -0.2) is 4.79 Å². The van der Waals surface area contributed by atoms with Gasteiger partial charge in [0.25, 0.3) is 0 Å². The van der Waals surface area contributed by atoms with Crippen molar-refractivity contribution in [3.8, 4) is 0 Å². The van der Waals surface area contributed by atoms with E-state index < -0.39 is 6.09 Å². The fourth-order valence-electron chi connectivity index (χ4n) is 2.16. The number of amides is 2. The van der Waals surface area contributed by atoms with E-state index in [2.05, 4.69) is 10.6 Å². The van der Waals surface area contributed by atoms with Gasteiger partial charge >= 0.3 is 6.09 Å². The summed E-state index contributed by atoms with van der Waals surface area (Å²) in [7, 11) is 0. The highest BCUT2D eigenvalue weighted by molar-refractivity contribution is 5.77. The van der Waals surface area contributed by atoms with Crippen molar-refractivity contribution >= 4 is 12.0 Å². The maximum atomic E-state index is 11.9. The van der Waals surface area contributed by atoms with Gasteiger partial charge in [0.15, 0.2) is 0 Å². The Morgan fingerprint density at radius 2 is 1.54 bits per heavy atom. The Labute approximate surface area is 142 Å². The molecule has 0 fully saturated rings. The molecule has 2 aromatic carbocycles. The number of hydrogen-bond donors (Lipinski definition) is 2. The summed E-state index contributed by atoms with van der Waals surface area (Å²) in [6.45, 7) is 2.45. The zero-order valence-electron chi connectivity index (χ0n) is 13.7. The van der Waals surface area contributed by atoms with Gasteiger partial charge in [-0.05, 0) is 18.1 Å². The molecule has 0 aromatic heterocycles. The molecule has 0 radical (unpaired) electrons. The van der Waals surface area contributed by atoms with Crippen molar-refractivity contribution in [2.24, 2.45) is 0 Å². The number of ether oxygens (including phenoxy) is 1. The largest absolute Gasteiger partial charge is 0.445 e. The molecule has 126 valence electrons. The van der Waals surface area contributed by atoms with E-state index in [9.17, 15) is 9.59 Å². The first-order chi connectivity index (χ1) is 11.6. The predicted octanol–water partition coefficient (Wildman–Crippen LogP) is 3.01. The molecule has 2 aromatic rings. The van der Waals surface area contributed by atoms with E-state index in [0.29, 0.717) is 6.54 Å². The first-order valence-electron chi connectivity index (χ1n) is 7.91. The summed E-state index contributed by atoms with van der Waals surface area (Å²) in [6, 6.07) is 18.8. The Morgan fingerprint density at radius 3 is 2.17 bits per heavy atom. The molecule has 2 rings (SSSR count). The second-order valence-corrected chi connectivity index (χ2v) is 5.57. The van der Waals surface area contributed by atoms with Crippen LogP contribution >= 0.6 is 0 Å². The third kappa shape index (κ3) is 6.52. The molecule has 2 N–H and O–H groups in total. The quantitative estimate of drug-likeness (QED) is 0.822. The van der Waals surface area contributed by atoms with Gasteiger partial charge in [0.1, 0.15) is 6.61 Å². The SMILES string of the molecule is C[C@H](CC(=O)NCc1ccccc1)NC(=O)OCc1ccccc1. The van der Waals surface area contributed by atoms with Gasteiger partial charge < -0.3 is 15.4 Å². The highest BCUT2D eigenvalue weighted by Gasteiger charge is 2.12. The van der Waals surface area contributed by atoms with Gasteiger partial charge in [0.05, 0.1) is 0 Å². The monoisotopic (exact) mass is 326 g/mol. The fourth-order valence-corrected chi connectivity index (χ4v) is 2.16. The number of hydrogen-bond acceptors (Lipinski definition) is 3. The van der Waals surface area contributed by atoms with Crippen LogP contribution in [0.5, 0.6) is 0 Å². The Hall–Kier alpha value is -2.82. The van der Waals surface area contributed by atoms with E-state index in [1.807, 2.05) is 60.7 Å². The normalized spacial score (nSPS) is 11.4. The average Bonchev–Trinajstić information content (AvgIpc) is 2.60. The number of benzene rings is 2. The number of carbonyl (C=O) groups excluding carboxylic acids is 2. The van der Waals surface area contributed by atoms with Crippen LogP contribution in [0.2, 0.25) is 0 Å². The number of nitrogens with one attached hydrogen (secondary N) is 2. The van der Waals surface area contributed by atoms with Gasteiger partial charge in [-0.3, -0.25) is 4.79 Å². The summed E-state index contributed by atoms with van der Waals surface area (Å²) in [5.74, 6) is -0.116. The molecule has 0 aliphatic rings. The summed E-state index contributed by atoms with van der Waals surface area (Å²) in [5.41, 5.74) is 1.95. The Balaban J connectivity index is 1.65. The van der Waals surface area contributed by atoms with Crippen LogP contribution in [0.1, 0.15) is 24.5 Å². The first-order valence-corrected chi connectivity index (χ1v) is 7.91. The third-order valence-corrected chi connectivity index (χ3v) is 3.40. The molecule has 5 heteroatoms. The van der Waals surface area contributed by atoms with Crippen molar-refractivity contribution in [3.63, 3.8) is 0 Å². The molecule has 0 heterocycles. The lowest BCUT2D eigenvalue weighted by molar-refractivity contribution is -0.121. The third-order valence-electron chi connectivity index (χ3n) is 3.40. The molecular formula is C19H22N2O3. The molecule has 0 saturated heterocycles. The van der Waals surface area contributed by atoms with Crippen molar-refractivity contribution in [1.82, 2.24) is 10.6 Å². The summed E-state index contributed by atoms with van der Waals surface area (Å²) >= 11 is 0. The van der Waals surface area contributed by atoms with Gasteiger partial charge in [-0.2, -0.15) is 0 Å². The number of rotatable bonds is 7. The highest BCUT2D eigenvalue weighted by atomic mass is 16.5. The van der Waals surface area contributed by atoms with Crippen molar-refractivity contribution < 1.29 is 14.3 Å². The van der Waals surface area contributed by atoms with Gasteiger partial charge in [0.2, 0.25) is 5.91 Å². The van der Waals surface area contributed by atoms with Gasteiger partial charge in [0, 0.05) is 19.0 Å². The topological polar surface area (TPSA) is 67.4 Å². The zero-order valence-corrected chi connectivity index (χ0v) is 13.7. The van der Waals surface area contributed by atoms with E-state index in [-0.39, 0.29) is 25.0 Å². The van der Waals surface area contributed by atoms with E-state index >= 15 is 0 Å². The minimum Gasteiger partial charge on any atom is -0.445 e. The number of carbonyl (C=O) groups is 2. The summed E-state index contributed by atoms with van der Waals surface area (Å²) < 4.78 is 5.13. The molecule has 5 nitrogen and oxygen atoms in total. The van der Waals surface area contributed by atoms with Gasteiger partial charge in [-0.15, -0.1) is 0 Å². The fraction of sp³-hybridized carbons (Fsp3) is 0.263. The van der Waals surface area contributed by atoms with E-state index in [1.54, 1.807) is 6.92 Å². The molecule has 1 atom stereocenters. The molecule has 0 aliphatic carbocycles. The second-order valence-electron chi connectivity index (χ2n) is 5.57. The molecule has 2 amide bonds. The molecule has 0 aliphatic heterocycles. The van der Waals surface area contributed by atoms with Crippen LogP contribution in [0.3, 0.4) is 0 Å². The zero-order chi connectivity index (χ0) is 17.2. The molecule has 0 saturated carbocycles. The predicted molar refractivity (Wildman–Crippen MR) is 92.1 cm³/mol. The van der Waals surface area contributed by atoms with Crippen molar-refractivity contribution in [3.05, 3.63) is 71.8 Å². The molecule has 0 bridgehead atoms. The molecule has 0 unspecified atom stereocenters. The highest BCUT2D eigenvalue weighted by Crippen LogP contribution is 2.02. The van der Waals surface area contributed by atoms with E-state index in [4.69, 9.17) is 4.74 Å².